The van der Waals surface area contributed by atoms with Gasteiger partial charge in [0, 0.05) is 24.3 Å². The molecule has 2 bridgehead atoms. The molecule has 0 aromatic heterocycles. The van der Waals surface area contributed by atoms with Crippen LogP contribution in [0.1, 0.15) is 114 Å². The summed E-state index contributed by atoms with van der Waals surface area (Å²) in [6, 6.07) is 17.2. The summed E-state index contributed by atoms with van der Waals surface area (Å²) < 4.78 is 18.9. The number of hydrogen-bond donors (Lipinski definition) is 1. The largest absolute Gasteiger partial charge is 0.481 e. The van der Waals surface area contributed by atoms with E-state index in [4.69, 9.17) is 14.0 Å². The number of unbranched alkanes of at least 4 members (excludes halogenated alkanes) is 1. The average Bonchev–Trinajstić information content (AvgIpc) is 3.42. The van der Waals surface area contributed by atoms with Crippen molar-refractivity contribution in [1.82, 2.24) is 5.32 Å². The number of hydrogen-bond acceptors (Lipinski definition) is 6. The van der Waals surface area contributed by atoms with Crippen molar-refractivity contribution in [1.29, 1.82) is 0 Å². The summed E-state index contributed by atoms with van der Waals surface area (Å²) >= 11 is 0. The summed E-state index contributed by atoms with van der Waals surface area (Å²) in [6.45, 7) is 13.4. The van der Waals surface area contributed by atoms with E-state index in [1.165, 1.54) is 5.56 Å². The molecule has 3 saturated carbocycles. The second kappa shape index (κ2) is 15.1. The molecule has 0 spiro atoms. The average molecular weight is 644 g/mol. The lowest BCUT2D eigenvalue weighted by Gasteiger charge is -2.64. The number of nitrogens with one attached hydrogen (secondary N) is 1. The number of rotatable bonds is 16. The molecule has 254 valence electrons. The number of amides is 1. The van der Waals surface area contributed by atoms with Crippen molar-refractivity contribution < 1.29 is 28.4 Å². The quantitative estimate of drug-likeness (QED) is 0.116. The van der Waals surface area contributed by atoms with E-state index in [1.54, 1.807) is 0 Å². The molecule has 1 N–H and O–H groups in total. The molecule has 6 rings (SSSR count). The van der Waals surface area contributed by atoms with Crippen molar-refractivity contribution in [3.63, 3.8) is 0 Å². The topological polar surface area (TPSA) is 90.9 Å². The molecule has 4 aliphatic rings. The first kappa shape index (κ1) is 35.3. The Morgan fingerprint density at radius 3 is 2.38 bits per heavy atom. The molecule has 0 radical (unpaired) electrons. The van der Waals surface area contributed by atoms with Crippen LogP contribution in [-0.2, 0) is 36.7 Å². The van der Waals surface area contributed by atoms with Gasteiger partial charge in [0.1, 0.15) is 6.61 Å². The maximum Gasteiger partial charge on any atom is 0.481 e. The summed E-state index contributed by atoms with van der Waals surface area (Å²) in [4.78, 5) is 40.4. The molecule has 6 atom stereocenters. The number of aryl methyl sites for hydroxylation is 1. The Balaban J connectivity index is 1.28. The van der Waals surface area contributed by atoms with Gasteiger partial charge in [-0.3, -0.25) is 14.4 Å². The Kier molecular flexibility index (Phi) is 11.3. The Morgan fingerprint density at radius 2 is 1.72 bits per heavy atom. The van der Waals surface area contributed by atoms with Crippen LogP contribution in [0.25, 0.3) is 0 Å². The summed E-state index contributed by atoms with van der Waals surface area (Å²) in [6.07, 6.45) is 6.24. The maximum absolute atomic E-state index is 14.1. The maximum atomic E-state index is 14.1. The van der Waals surface area contributed by atoms with Crippen LogP contribution in [-0.4, -0.2) is 42.4 Å². The van der Waals surface area contributed by atoms with E-state index in [2.05, 4.69) is 46.9 Å². The van der Waals surface area contributed by atoms with E-state index in [0.29, 0.717) is 23.8 Å². The van der Waals surface area contributed by atoms with Gasteiger partial charge in [-0.2, -0.15) is 0 Å². The van der Waals surface area contributed by atoms with Crippen molar-refractivity contribution in [2.75, 3.05) is 0 Å². The van der Waals surface area contributed by atoms with E-state index >= 15 is 0 Å². The number of carbonyl (C=O) groups is 3. The second-order valence-corrected chi connectivity index (χ2v) is 15.4. The SMILES string of the molecule is CCCCc1ccc(C(=O)C[C@@H](CCC(=O)OCc2ccccc2)C(=O)N[C@@H](CC(C)C)B2O[C@@H]3C[C@@H]4C[C@@H](C4(C)C)[C@]3(C)O2)cc1. The lowest BCUT2D eigenvalue weighted by Crippen LogP contribution is -2.65. The van der Waals surface area contributed by atoms with Crippen LogP contribution in [0.2, 0.25) is 0 Å². The van der Waals surface area contributed by atoms with Crippen molar-refractivity contribution in [3.8, 4) is 0 Å². The Labute approximate surface area is 282 Å². The molecule has 1 saturated heterocycles. The molecule has 0 unspecified atom stereocenters. The number of ether oxygens (including phenoxy) is 1. The molecular formula is C39H54BNO6. The first-order chi connectivity index (χ1) is 22.4. The van der Waals surface area contributed by atoms with Crippen LogP contribution in [0, 0.1) is 29.1 Å². The Bertz CT molecular complexity index is 1380. The van der Waals surface area contributed by atoms with Crippen LogP contribution >= 0.6 is 0 Å². The minimum Gasteiger partial charge on any atom is -0.461 e. The zero-order valence-electron chi connectivity index (χ0n) is 29.3. The van der Waals surface area contributed by atoms with Crippen LogP contribution in [0.5, 0.6) is 0 Å². The van der Waals surface area contributed by atoms with Crippen molar-refractivity contribution in [2.45, 2.75) is 124 Å². The predicted octanol–water partition coefficient (Wildman–Crippen LogP) is 7.54. The van der Waals surface area contributed by atoms with Gasteiger partial charge in [-0.25, -0.2) is 0 Å². The summed E-state index contributed by atoms with van der Waals surface area (Å²) in [7, 11) is -0.561. The van der Waals surface area contributed by atoms with Gasteiger partial charge >= 0.3 is 13.1 Å². The zero-order chi connectivity index (χ0) is 33.8. The van der Waals surface area contributed by atoms with Gasteiger partial charge in [0.05, 0.1) is 17.6 Å². The minimum atomic E-state index is -0.702. The van der Waals surface area contributed by atoms with Gasteiger partial charge in [-0.1, -0.05) is 95.6 Å². The van der Waals surface area contributed by atoms with Gasteiger partial charge in [0.15, 0.2) is 5.78 Å². The van der Waals surface area contributed by atoms with Crippen LogP contribution in [0.15, 0.2) is 54.6 Å². The highest BCUT2D eigenvalue weighted by molar-refractivity contribution is 6.47. The highest BCUT2D eigenvalue weighted by atomic mass is 16.7. The van der Waals surface area contributed by atoms with Gasteiger partial charge in [0.25, 0.3) is 0 Å². The van der Waals surface area contributed by atoms with Crippen LogP contribution < -0.4 is 5.32 Å². The molecule has 8 heteroatoms. The first-order valence-electron chi connectivity index (χ1n) is 17.9. The van der Waals surface area contributed by atoms with E-state index < -0.39 is 13.0 Å². The third-order valence-corrected chi connectivity index (χ3v) is 11.2. The standard InChI is InChI=1S/C39H54BNO6/c1-7-8-12-27-15-17-29(18-16-27)32(42)22-30(19-20-36(43)45-25-28-13-10-9-11-14-28)37(44)41-35(21-26(2)3)40-46-34-24-31-23-33(38(31,4)5)39(34,6)47-40/h9-11,13-18,26,30-31,33-35H,7-8,12,19-25H2,1-6H3,(H,41,44)/t30-,31+,33+,34-,35+,39+/m1/s1. The highest BCUT2D eigenvalue weighted by Crippen LogP contribution is 2.65. The fourth-order valence-corrected chi connectivity index (χ4v) is 8.13. The molecule has 4 fully saturated rings. The minimum absolute atomic E-state index is 0.00513. The number of esters is 1. The van der Waals surface area contributed by atoms with Crippen molar-refractivity contribution in [2.24, 2.45) is 29.1 Å². The molecule has 2 aromatic rings. The lowest BCUT2D eigenvalue weighted by molar-refractivity contribution is -0.199. The van der Waals surface area contributed by atoms with Crippen LogP contribution in [0.3, 0.4) is 0 Å². The fraction of sp³-hybridized carbons (Fsp3) is 0.615. The van der Waals surface area contributed by atoms with E-state index in [1.807, 2.05) is 54.6 Å². The number of ketones is 1. The summed E-state index contributed by atoms with van der Waals surface area (Å²) in [5.41, 5.74) is 2.51. The van der Waals surface area contributed by atoms with Gasteiger partial charge in [-0.05, 0) is 79.7 Å². The van der Waals surface area contributed by atoms with Crippen molar-refractivity contribution in [3.05, 3.63) is 71.3 Å². The van der Waals surface area contributed by atoms with Crippen LogP contribution in [0.4, 0.5) is 0 Å². The number of benzene rings is 2. The molecule has 7 nitrogen and oxygen atoms in total. The van der Waals surface area contributed by atoms with E-state index in [0.717, 1.165) is 37.7 Å². The molecule has 1 amide bonds. The van der Waals surface area contributed by atoms with Gasteiger partial charge in [-0.15, -0.1) is 0 Å². The third-order valence-electron chi connectivity index (χ3n) is 11.2. The number of Topliss-reactive ketones (excluding diaryl/α,β-unsaturated/α-hetero) is 1. The zero-order valence-corrected chi connectivity index (χ0v) is 29.3. The van der Waals surface area contributed by atoms with Gasteiger partial charge in [0.2, 0.25) is 5.91 Å². The van der Waals surface area contributed by atoms with Gasteiger partial charge < -0.3 is 19.4 Å². The highest BCUT2D eigenvalue weighted by Gasteiger charge is 2.68. The Morgan fingerprint density at radius 1 is 1.00 bits per heavy atom. The summed E-state index contributed by atoms with van der Waals surface area (Å²) in [5, 5.41) is 3.24. The number of carbonyl (C=O) groups excluding carboxylic acids is 3. The molecular weight excluding hydrogens is 589 g/mol. The smallest absolute Gasteiger partial charge is 0.461 e. The molecule has 47 heavy (non-hydrogen) atoms. The summed E-state index contributed by atoms with van der Waals surface area (Å²) in [5.74, 6) is -0.497. The fourth-order valence-electron chi connectivity index (χ4n) is 8.13. The molecule has 1 aliphatic heterocycles. The normalized spacial score (nSPS) is 25.4. The monoisotopic (exact) mass is 643 g/mol. The van der Waals surface area contributed by atoms with E-state index in [-0.39, 0.29) is 72.5 Å². The lowest BCUT2D eigenvalue weighted by atomic mass is 9.43. The molecule has 2 aromatic carbocycles. The molecule has 3 aliphatic carbocycles. The second-order valence-electron chi connectivity index (χ2n) is 15.4. The molecule has 1 heterocycles. The predicted molar refractivity (Wildman–Crippen MR) is 184 cm³/mol. The first-order valence-corrected chi connectivity index (χ1v) is 17.9. The van der Waals surface area contributed by atoms with Crippen molar-refractivity contribution >= 4 is 24.8 Å². The third kappa shape index (κ3) is 8.20. The Hall–Kier alpha value is -2.97. The van der Waals surface area contributed by atoms with E-state index in [9.17, 15) is 14.4 Å².